The van der Waals surface area contributed by atoms with E-state index in [4.69, 9.17) is 13.3 Å². The lowest BCUT2D eigenvalue weighted by molar-refractivity contribution is -0.138. The van der Waals surface area contributed by atoms with Gasteiger partial charge in [0, 0.05) is 57.9 Å². The summed E-state index contributed by atoms with van der Waals surface area (Å²) in [5.74, 6) is -0.896. The van der Waals surface area contributed by atoms with E-state index >= 15 is 0 Å². The van der Waals surface area contributed by atoms with Crippen LogP contribution in [0.4, 0.5) is 0 Å². The number of carbonyl (C=O) groups is 1. The van der Waals surface area contributed by atoms with E-state index in [0.29, 0.717) is 51.2 Å². The summed E-state index contributed by atoms with van der Waals surface area (Å²) in [6, 6.07) is 6.28. The maximum absolute atomic E-state index is 11.3. The number of rotatable bonds is 16. The topological polar surface area (TPSA) is 112 Å². The second-order valence-electron chi connectivity index (χ2n) is 6.92. The number of nitrogens with zero attached hydrogens (tertiary/aromatic N) is 5. The highest BCUT2D eigenvalue weighted by molar-refractivity contribution is 6.60. The SMILES string of the molecule is CCO[Si](CCCn1cc(CN(CC(=O)O)Cc2ccccn2)nn1)(OCC)OCC. The van der Waals surface area contributed by atoms with Crippen LogP contribution in [0.3, 0.4) is 0 Å². The number of aliphatic carboxylic acids is 1. The Kier molecular flexibility index (Phi) is 10.7. The van der Waals surface area contributed by atoms with Crippen LogP contribution >= 0.6 is 0 Å². The van der Waals surface area contributed by atoms with E-state index in [9.17, 15) is 9.90 Å². The van der Waals surface area contributed by atoms with Crippen LogP contribution in [0.1, 0.15) is 38.6 Å². The molecule has 0 saturated carbocycles. The fraction of sp³-hybridized carbons (Fsp3) is 0.600. The monoisotopic (exact) mass is 451 g/mol. The van der Waals surface area contributed by atoms with Gasteiger partial charge in [-0.05, 0) is 39.3 Å². The molecular weight excluding hydrogens is 418 g/mol. The standard InChI is InChI=1S/C20H33N5O5Si/c1-4-28-31(29-5-2,30-6-3)13-9-12-25-16-19(22-23-25)15-24(17-20(26)27)14-18-10-7-8-11-21-18/h7-8,10-11,16H,4-6,9,12-15,17H2,1-3H3,(H,26,27). The van der Waals surface area contributed by atoms with E-state index in [1.165, 1.54) is 0 Å². The predicted molar refractivity (Wildman–Crippen MR) is 116 cm³/mol. The third-order valence-electron chi connectivity index (χ3n) is 4.41. The second kappa shape index (κ2) is 13.3. The number of carboxylic acid groups (broad SMARTS) is 1. The summed E-state index contributed by atoms with van der Waals surface area (Å²) in [7, 11) is -2.67. The average molecular weight is 452 g/mol. The lowest BCUT2D eigenvalue weighted by Gasteiger charge is -2.28. The van der Waals surface area contributed by atoms with Crippen LogP contribution in [0, 0.1) is 0 Å². The molecular formula is C20H33N5O5Si. The van der Waals surface area contributed by atoms with Crippen LogP contribution in [0.25, 0.3) is 0 Å². The highest BCUT2D eigenvalue weighted by Gasteiger charge is 2.39. The molecule has 0 saturated heterocycles. The molecule has 11 heteroatoms. The summed E-state index contributed by atoms with van der Waals surface area (Å²) in [6.45, 7) is 8.82. The third-order valence-corrected chi connectivity index (χ3v) is 7.56. The number of aryl methyl sites for hydroxylation is 1. The maximum Gasteiger partial charge on any atom is 0.500 e. The zero-order valence-corrected chi connectivity index (χ0v) is 19.6. The number of hydrogen-bond acceptors (Lipinski definition) is 8. The van der Waals surface area contributed by atoms with Gasteiger partial charge in [0.25, 0.3) is 0 Å². The summed E-state index contributed by atoms with van der Waals surface area (Å²) in [6.07, 6.45) is 4.32. The van der Waals surface area contributed by atoms with Crippen LogP contribution in [0.2, 0.25) is 6.04 Å². The molecule has 0 radical (unpaired) electrons. The summed E-state index contributed by atoms with van der Waals surface area (Å²) in [5.41, 5.74) is 1.51. The van der Waals surface area contributed by atoms with Crippen molar-refractivity contribution in [2.24, 2.45) is 0 Å². The predicted octanol–water partition coefficient (Wildman–Crippen LogP) is 2.20. The molecule has 0 aliphatic heterocycles. The third kappa shape index (κ3) is 8.83. The maximum atomic E-state index is 11.3. The van der Waals surface area contributed by atoms with Crippen molar-refractivity contribution in [3.63, 3.8) is 0 Å². The molecule has 1 N–H and O–H groups in total. The molecule has 0 fully saturated rings. The van der Waals surface area contributed by atoms with Crippen LogP contribution in [0.5, 0.6) is 0 Å². The van der Waals surface area contributed by atoms with E-state index in [1.54, 1.807) is 15.8 Å². The first-order valence-electron chi connectivity index (χ1n) is 10.6. The van der Waals surface area contributed by atoms with Gasteiger partial charge in [0.1, 0.15) is 0 Å². The smallest absolute Gasteiger partial charge is 0.480 e. The van der Waals surface area contributed by atoms with Gasteiger partial charge in [-0.1, -0.05) is 11.3 Å². The van der Waals surface area contributed by atoms with Gasteiger partial charge in [0.15, 0.2) is 0 Å². The fourth-order valence-electron chi connectivity index (χ4n) is 3.29. The van der Waals surface area contributed by atoms with E-state index in [2.05, 4.69) is 15.3 Å². The van der Waals surface area contributed by atoms with Crippen molar-refractivity contribution in [1.82, 2.24) is 24.9 Å². The molecule has 172 valence electrons. The van der Waals surface area contributed by atoms with Gasteiger partial charge in [-0.15, -0.1) is 5.10 Å². The van der Waals surface area contributed by atoms with Crippen LogP contribution < -0.4 is 0 Å². The Balaban J connectivity index is 1.93. The Labute approximate surface area is 184 Å². The molecule has 0 unspecified atom stereocenters. The first kappa shape index (κ1) is 25.1. The Morgan fingerprint density at radius 1 is 1.10 bits per heavy atom. The Morgan fingerprint density at radius 2 is 1.77 bits per heavy atom. The minimum Gasteiger partial charge on any atom is -0.480 e. The first-order chi connectivity index (χ1) is 15.0. The molecule has 2 aromatic rings. The van der Waals surface area contributed by atoms with E-state index < -0.39 is 14.8 Å². The van der Waals surface area contributed by atoms with Crippen LogP contribution in [-0.4, -0.2) is 71.1 Å². The van der Waals surface area contributed by atoms with Gasteiger partial charge < -0.3 is 18.4 Å². The summed E-state index contributed by atoms with van der Waals surface area (Å²) >= 11 is 0. The van der Waals surface area contributed by atoms with Crippen molar-refractivity contribution in [2.45, 2.75) is 52.9 Å². The fourth-order valence-corrected chi connectivity index (χ4v) is 5.88. The number of pyridine rings is 1. The largest absolute Gasteiger partial charge is 0.500 e. The van der Waals surface area contributed by atoms with Crippen molar-refractivity contribution in [1.29, 1.82) is 0 Å². The molecule has 0 amide bonds. The van der Waals surface area contributed by atoms with Gasteiger partial charge in [0.2, 0.25) is 0 Å². The zero-order valence-electron chi connectivity index (χ0n) is 18.6. The first-order valence-corrected chi connectivity index (χ1v) is 12.6. The molecule has 0 spiro atoms. The summed E-state index contributed by atoms with van der Waals surface area (Å²) < 4.78 is 19.4. The average Bonchev–Trinajstić information content (AvgIpc) is 3.16. The summed E-state index contributed by atoms with van der Waals surface area (Å²) in [5, 5.41) is 17.6. The number of aromatic nitrogens is 4. The molecule has 10 nitrogen and oxygen atoms in total. The molecule has 0 atom stereocenters. The molecule has 2 aromatic heterocycles. The Morgan fingerprint density at radius 3 is 2.35 bits per heavy atom. The normalized spacial score (nSPS) is 11.9. The molecule has 2 heterocycles. The molecule has 0 aliphatic carbocycles. The molecule has 0 aliphatic rings. The van der Waals surface area contributed by atoms with E-state index in [1.807, 2.05) is 45.2 Å². The molecule has 31 heavy (non-hydrogen) atoms. The van der Waals surface area contributed by atoms with Crippen molar-refractivity contribution in [2.75, 3.05) is 26.4 Å². The summed E-state index contributed by atoms with van der Waals surface area (Å²) in [4.78, 5) is 17.3. The zero-order chi connectivity index (χ0) is 22.5. The van der Waals surface area contributed by atoms with Gasteiger partial charge >= 0.3 is 14.8 Å². The Hall–Kier alpha value is -2.18. The van der Waals surface area contributed by atoms with Gasteiger partial charge in [0.05, 0.1) is 17.9 Å². The van der Waals surface area contributed by atoms with Gasteiger partial charge in [-0.3, -0.25) is 19.4 Å². The van der Waals surface area contributed by atoms with Crippen molar-refractivity contribution in [3.05, 3.63) is 42.0 Å². The van der Waals surface area contributed by atoms with Crippen molar-refractivity contribution in [3.8, 4) is 0 Å². The number of carboxylic acids is 1. The highest BCUT2D eigenvalue weighted by atomic mass is 28.4. The van der Waals surface area contributed by atoms with E-state index in [-0.39, 0.29) is 6.54 Å². The van der Waals surface area contributed by atoms with Crippen LogP contribution in [0.15, 0.2) is 30.6 Å². The Bertz CT molecular complexity index is 759. The van der Waals surface area contributed by atoms with Crippen LogP contribution in [-0.2, 0) is 37.7 Å². The van der Waals surface area contributed by atoms with Crippen molar-refractivity contribution >= 4 is 14.8 Å². The van der Waals surface area contributed by atoms with Crippen molar-refractivity contribution < 1.29 is 23.2 Å². The molecule has 2 rings (SSSR count). The second-order valence-corrected chi connectivity index (χ2v) is 9.65. The minimum atomic E-state index is -2.67. The minimum absolute atomic E-state index is 0.103. The molecule has 0 bridgehead atoms. The number of hydrogen-bond donors (Lipinski definition) is 1. The van der Waals surface area contributed by atoms with E-state index in [0.717, 1.165) is 12.1 Å². The quantitative estimate of drug-likeness (QED) is 0.384. The lowest BCUT2D eigenvalue weighted by atomic mass is 10.3. The van der Waals surface area contributed by atoms with Gasteiger partial charge in [-0.25, -0.2) is 0 Å². The lowest BCUT2D eigenvalue weighted by Crippen LogP contribution is -2.46. The van der Waals surface area contributed by atoms with Gasteiger partial charge in [-0.2, -0.15) is 0 Å². The molecule has 0 aromatic carbocycles. The highest BCUT2D eigenvalue weighted by Crippen LogP contribution is 2.19.